The fourth-order valence-electron chi connectivity index (χ4n) is 6.34. The van der Waals surface area contributed by atoms with Gasteiger partial charge in [-0.3, -0.25) is 4.79 Å². The molecule has 1 N–H and O–H groups in total. The molecule has 2 aromatic carbocycles. The molecule has 2 aromatic rings. The van der Waals surface area contributed by atoms with E-state index in [0.717, 1.165) is 44.8 Å². The molecular formula is C21H21BrO2. The van der Waals surface area contributed by atoms with Crippen LogP contribution in [0.25, 0.3) is 10.8 Å². The highest BCUT2D eigenvalue weighted by molar-refractivity contribution is 9.10. The number of carbonyl (C=O) groups is 1. The maximum Gasteiger partial charge on any atom is 0.151 e. The van der Waals surface area contributed by atoms with E-state index in [2.05, 4.69) is 22.0 Å². The molecule has 2 nitrogen and oxygen atoms in total. The fraction of sp³-hybridized carbons (Fsp3) is 0.476. The fourth-order valence-corrected chi connectivity index (χ4v) is 6.78. The number of hydrogen-bond acceptors (Lipinski definition) is 2. The Balaban J connectivity index is 1.72. The van der Waals surface area contributed by atoms with E-state index in [1.165, 1.54) is 38.5 Å². The molecule has 4 aliphatic rings. The maximum atomic E-state index is 11.6. The number of aromatic hydroxyl groups is 1. The summed E-state index contributed by atoms with van der Waals surface area (Å²) in [5, 5.41) is 12.7. The minimum Gasteiger partial charge on any atom is -0.508 e. The molecule has 0 aromatic heterocycles. The molecule has 0 aliphatic heterocycles. The second kappa shape index (κ2) is 5.08. The Morgan fingerprint density at radius 1 is 1.04 bits per heavy atom. The average Bonchev–Trinajstić information content (AvgIpc) is 2.53. The normalized spacial score (nSPS) is 34.0. The molecule has 0 heterocycles. The van der Waals surface area contributed by atoms with Crippen LogP contribution in [0.3, 0.4) is 0 Å². The first-order valence-corrected chi connectivity index (χ1v) is 9.78. The van der Waals surface area contributed by atoms with Gasteiger partial charge in [-0.2, -0.15) is 0 Å². The van der Waals surface area contributed by atoms with Crippen molar-refractivity contribution in [2.24, 2.45) is 17.8 Å². The van der Waals surface area contributed by atoms with Crippen molar-refractivity contribution in [2.45, 2.75) is 43.9 Å². The topological polar surface area (TPSA) is 37.3 Å². The van der Waals surface area contributed by atoms with E-state index in [4.69, 9.17) is 0 Å². The lowest BCUT2D eigenvalue weighted by molar-refractivity contribution is -0.00606. The molecule has 0 amide bonds. The van der Waals surface area contributed by atoms with Crippen molar-refractivity contribution in [1.82, 2.24) is 0 Å². The van der Waals surface area contributed by atoms with Crippen LogP contribution in [0.2, 0.25) is 0 Å². The minimum atomic E-state index is 0.134. The number of benzene rings is 2. The van der Waals surface area contributed by atoms with E-state index in [0.29, 0.717) is 11.3 Å². The molecule has 4 aliphatic carbocycles. The van der Waals surface area contributed by atoms with Gasteiger partial charge >= 0.3 is 0 Å². The molecule has 0 radical (unpaired) electrons. The zero-order valence-corrected chi connectivity index (χ0v) is 15.2. The first-order valence-electron chi connectivity index (χ1n) is 8.99. The number of phenols is 1. The molecule has 0 saturated heterocycles. The van der Waals surface area contributed by atoms with Gasteiger partial charge in [0, 0.05) is 15.6 Å². The summed E-state index contributed by atoms with van der Waals surface area (Å²) in [4.78, 5) is 11.6. The molecule has 24 heavy (non-hydrogen) atoms. The number of halogens is 1. The SMILES string of the molecule is O=Cc1c(Br)ccc2cc(O)c(C34CC5CC(CC(C5)C3)C4)cc12. The summed E-state index contributed by atoms with van der Waals surface area (Å²) < 4.78 is 0.826. The van der Waals surface area contributed by atoms with Gasteiger partial charge in [0.05, 0.1) is 0 Å². The maximum absolute atomic E-state index is 11.6. The zero-order chi connectivity index (χ0) is 16.5. The smallest absolute Gasteiger partial charge is 0.151 e. The van der Waals surface area contributed by atoms with Crippen molar-refractivity contribution < 1.29 is 9.90 Å². The number of fused-ring (bicyclic) bond motifs is 1. The van der Waals surface area contributed by atoms with Gasteiger partial charge in [0.2, 0.25) is 0 Å². The van der Waals surface area contributed by atoms with E-state index < -0.39 is 0 Å². The van der Waals surface area contributed by atoms with Gasteiger partial charge in [-0.1, -0.05) is 22.0 Å². The zero-order valence-electron chi connectivity index (χ0n) is 13.6. The Morgan fingerprint density at radius 2 is 1.67 bits per heavy atom. The minimum absolute atomic E-state index is 0.134. The Hall–Kier alpha value is -1.35. The van der Waals surface area contributed by atoms with Crippen LogP contribution in [-0.4, -0.2) is 11.4 Å². The van der Waals surface area contributed by atoms with Crippen molar-refractivity contribution in [3.8, 4) is 5.75 Å². The quantitative estimate of drug-likeness (QED) is 0.685. The van der Waals surface area contributed by atoms with Gasteiger partial charge in [0.15, 0.2) is 6.29 Å². The van der Waals surface area contributed by atoms with Crippen LogP contribution in [-0.2, 0) is 5.41 Å². The lowest BCUT2D eigenvalue weighted by Gasteiger charge is -2.57. The summed E-state index contributed by atoms with van der Waals surface area (Å²) in [5.74, 6) is 2.92. The molecule has 6 rings (SSSR count). The molecule has 0 spiro atoms. The molecule has 4 fully saturated rings. The van der Waals surface area contributed by atoms with Crippen LogP contribution in [0.5, 0.6) is 5.75 Å². The van der Waals surface area contributed by atoms with Crippen LogP contribution < -0.4 is 0 Å². The summed E-state index contributed by atoms with van der Waals surface area (Å²) in [7, 11) is 0. The summed E-state index contributed by atoms with van der Waals surface area (Å²) in [6, 6.07) is 7.83. The summed E-state index contributed by atoms with van der Waals surface area (Å²) in [6.45, 7) is 0. The number of phenolic OH excluding ortho intramolecular Hbond substituents is 1. The molecule has 0 atom stereocenters. The van der Waals surface area contributed by atoms with Gasteiger partial charge in [-0.05, 0) is 90.7 Å². The summed E-state index contributed by atoms with van der Waals surface area (Å²) >= 11 is 3.49. The van der Waals surface area contributed by atoms with E-state index >= 15 is 0 Å². The summed E-state index contributed by atoms with van der Waals surface area (Å²) in [6.07, 6.45) is 8.72. The number of aldehydes is 1. The van der Waals surface area contributed by atoms with E-state index in [-0.39, 0.29) is 5.41 Å². The number of rotatable bonds is 2. The largest absolute Gasteiger partial charge is 0.508 e. The van der Waals surface area contributed by atoms with Gasteiger partial charge in [0.1, 0.15) is 5.75 Å². The molecule has 4 saturated carbocycles. The summed E-state index contributed by atoms with van der Waals surface area (Å²) in [5.41, 5.74) is 1.92. The molecule has 3 heteroatoms. The van der Waals surface area contributed by atoms with Crippen molar-refractivity contribution in [1.29, 1.82) is 0 Å². The first-order chi connectivity index (χ1) is 11.6. The molecular weight excluding hydrogens is 364 g/mol. The van der Waals surface area contributed by atoms with Crippen molar-refractivity contribution in [3.05, 3.63) is 39.9 Å². The van der Waals surface area contributed by atoms with Gasteiger partial charge in [-0.15, -0.1) is 0 Å². The third kappa shape index (κ3) is 2.03. The Labute approximate surface area is 150 Å². The highest BCUT2D eigenvalue weighted by atomic mass is 79.9. The number of carbonyl (C=O) groups excluding carboxylic acids is 1. The van der Waals surface area contributed by atoms with Crippen LogP contribution >= 0.6 is 15.9 Å². The Kier molecular flexibility index (Phi) is 3.16. The van der Waals surface area contributed by atoms with Crippen LogP contribution in [0.1, 0.15) is 54.4 Å². The van der Waals surface area contributed by atoms with E-state index in [1.807, 2.05) is 18.2 Å². The van der Waals surface area contributed by atoms with Crippen LogP contribution in [0, 0.1) is 17.8 Å². The van der Waals surface area contributed by atoms with E-state index in [1.54, 1.807) is 0 Å². The van der Waals surface area contributed by atoms with Gasteiger partial charge < -0.3 is 5.11 Å². The second-order valence-electron chi connectivity index (χ2n) is 8.37. The monoisotopic (exact) mass is 384 g/mol. The highest BCUT2D eigenvalue weighted by Crippen LogP contribution is 2.62. The third-order valence-corrected chi connectivity index (χ3v) is 7.54. The third-order valence-electron chi connectivity index (χ3n) is 6.85. The Bertz CT molecular complexity index is 819. The van der Waals surface area contributed by atoms with Crippen molar-refractivity contribution in [2.75, 3.05) is 0 Å². The first kappa shape index (κ1) is 14.9. The van der Waals surface area contributed by atoms with Gasteiger partial charge in [0.25, 0.3) is 0 Å². The van der Waals surface area contributed by atoms with Crippen LogP contribution in [0.4, 0.5) is 0 Å². The van der Waals surface area contributed by atoms with Crippen LogP contribution in [0.15, 0.2) is 28.7 Å². The molecule has 0 unspecified atom stereocenters. The van der Waals surface area contributed by atoms with Crippen molar-refractivity contribution in [3.63, 3.8) is 0 Å². The second-order valence-corrected chi connectivity index (χ2v) is 9.22. The molecule has 124 valence electrons. The highest BCUT2D eigenvalue weighted by Gasteiger charge is 2.52. The van der Waals surface area contributed by atoms with E-state index in [9.17, 15) is 9.90 Å². The van der Waals surface area contributed by atoms with Gasteiger partial charge in [-0.25, -0.2) is 0 Å². The predicted molar refractivity (Wildman–Crippen MR) is 98.6 cm³/mol. The lowest BCUT2D eigenvalue weighted by Crippen LogP contribution is -2.48. The molecule has 4 bridgehead atoms. The number of hydrogen-bond donors (Lipinski definition) is 1. The standard InChI is InChI=1S/C21H21BrO2/c22-19-2-1-15-6-20(24)18(7-16(15)17(19)11-23)21-8-12-3-13(9-21)5-14(4-12)10-21/h1-2,6-7,11-14,24H,3-5,8-10H2. The van der Waals surface area contributed by atoms with Crippen molar-refractivity contribution >= 4 is 33.0 Å². The Morgan fingerprint density at radius 3 is 2.25 bits per heavy atom. The lowest BCUT2D eigenvalue weighted by atomic mass is 9.48. The average molecular weight is 385 g/mol. The predicted octanol–water partition coefficient (Wildman–Crippen LogP) is 5.59.